The number of nitrogens with one attached hydrogen (secondary N) is 1. The molecule has 15 heteroatoms. The summed E-state index contributed by atoms with van der Waals surface area (Å²) in [4.78, 5) is 11.6. The van der Waals surface area contributed by atoms with Gasteiger partial charge in [-0.1, -0.05) is 41.7 Å². The number of hydrogen-bond acceptors (Lipinski definition) is 11. The molecule has 1 N–H and O–H groups in total. The molecule has 6 rings (SSSR count). The van der Waals surface area contributed by atoms with Crippen LogP contribution in [0.4, 0.5) is 16.6 Å². The first-order chi connectivity index (χ1) is 19.0. The van der Waals surface area contributed by atoms with Gasteiger partial charge in [0.15, 0.2) is 10.0 Å². The van der Waals surface area contributed by atoms with E-state index in [1.54, 1.807) is 42.6 Å². The van der Waals surface area contributed by atoms with Gasteiger partial charge in [0.1, 0.15) is 5.82 Å². The summed E-state index contributed by atoms with van der Waals surface area (Å²) >= 11 is 0.885. The molecule has 0 bridgehead atoms. The SMILES string of the molecule is O=S(=O)([N-]c1ccccc1)c1nnc(Nc2ccc3ncc(-c4cnn(CCN5CCOCC5)c4)cc3n2)s1.[Na+]. The molecule has 0 atom stereocenters. The van der Waals surface area contributed by atoms with Crippen molar-refractivity contribution in [1.82, 2.24) is 34.8 Å². The largest absolute Gasteiger partial charge is 1.00 e. The fourth-order valence-electron chi connectivity index (χ4n) is 4.08. The normalized spacial score (nSPS) is 14.1. The van der Waals surface area contributed by atoms with Gasteiger partial charge in [0.25, 0.3) is 0 Å². The molecular weight excluding hydrogens is 561 g/mol. The van der Waals surface area contributed by atoms with E-state index in [4.69, 9.17) is 4.74 Å². The number of fused-ring (bicyclic) bond motifs is 1. The Morgan fingerprint density at radius 1 is 0.975 bits per heavy atom. The summed E-state index contributed by atoms with van der Waals surface area (Å²) in [6.07, 6.45) is 5.64. The fourth-order valence-corrected chi connectivity index (χ4v) is 5.95. The zero-order valence-electron chi connectivity index (χ0n) is 21.7. The zero-order chi connectivity index (χ0) is 26.7. The van der Waals surface area contributed by atoms with Crippen LogP contribution in [0, 0.1) is 0 Å². The maximum atomic E-state index is 12.6. The molecule has 200 valence electrons. The number of ether oxygens (including phenoxy) is 1. The van der Waals surface area contributed by atoms with E-state index in [0.29, 0.717) is 17.0 Å². The number of hydrogen-bond donors (Lipinski definition) is 1. The van der Waals surface area contributed by atoms with Crippen LogP contribution in [0.25, 0.3) is 26.9 Å². The van der Waals surface area contributed by atoms with Crippen LogP contribution in [0.15, 0.2) is 71.5 Å². The minimum Gasteiger partial charge on any atom is -0.571 e. The molecule has 1 saturated heterocycles. The molecule has 0 radical (unpaired) electrons. The molecule has 4 aromatic heterocycles. The Balaban J connectivity index is 0.00000323. The van der Waals surface area contributed by atoms with Crippen LogP contribution >= 0.6 is 11.3 Å². The summed E-state index contributed by atoms with van der Waals surface area (Å²) in [6.45, 7) is 5.17. The third-order valence-corrected chi connectivity index (χ3v) is 8.59. The predicted octanol–water partition coefficient (Wildman–Crippen LogP) is 0.819. The predicted molar refractivity (Wildman–Crippen MR) is 148 cm³/mol. The number of aromatic nitrogens is 6. The van der Waals surface area contributed by atoms with E-state index in [0.717, 1.165) is 67.4 Å². The maximum absolute atomic E-state index is 12.6. The second-order valence-electron chi connectivity index (χ2n) is 8.80. The first kappa shape index (κ1) is 28.5. The molecule has 1 aliphatic rings. The van der Waals surface area contributed by atoms with Crippen molar-refractivity contribution in [3.63, 3.8) is 0 Å². The Morgan fingerprint density at radius 2 is 1.80 bits per heavy atom. The zero-order valence-corrected chi connectivity index (χ0v) is 25.3. The molecular formula is C25H24N9NaO3S2. The first-order valence-corrected chi connectivity index (χ1v) is 14.5. The van der Waals surface area contributed by atoms with E-state index < -0.39 is 10.0 Å². The molecule has 40 heavy (non-hydrogen) atoms. The van der Waals surface area contributed by atoms with E-state index in [9.17, 15) is 8.42 Å². The molecule has 0 aliphatic carbocycles. The smallest absolute Gasteiger partial charge is 0.571 e. The average molecular weight is 586 g/mol. The van der Waals surface area contributed by atoms with Gasteiger partial charge in [0.05, 0.1) is 37.0 Å². The van der Waals surface area contributed by atoms with E-state index in [-0.39, 0.29) is 39.0 Å². The van der Waals surface area contributed by atoms with Crippen LogP contribution in [0.1, 0.15) is 0 Å². The minimum atomic E-state index is -3.98. The second kappa shape index (κ2) is 12.7. The topological polar surface area (TPSA) is 142 Å². The van der Waals surface area contributed by atoms with Crippen LogP contribution in [0.5, 0.6) is 0 Å². The van der Waals surface area contributed by atoms with E-state index in [2.05, 4.69) is 40.2 Å². The molecule has 0 amide bonds. The number of rotatable bonds is 9. The summed E-state index contributed by atoms with van der Waals surface area (Å²) in [6, 6.07) is 14.0. The van der Waals surface area contributed by atoms with Gasteiger partial charge < -0.3 is 14.8 Å². The molecule has 12 nitrogen and oxygen atoms in total. The van der Waals surface area contributed by atoms with Crippen molar-refractivity contribution in [3.05, 3.63) is 71.8 Å². The van der Waals surface area contributed by atoms with Crippen molar-refractivity contribution in [1.29, 1.82) is 0 Å². The molecule has 0 saturated carbocycles. The van der Waals surface area contributed by atoms with Crippen molar-refractivity contribution in [2.75, 3.05) is 38.2 Å². The number of benzene rings is 1. The molecule has 1 aliphatic heterocycles. The van der Waals surface area contributed by atoms with Gasteiger partial charge in [0, 0.05) is 43.2 Å². The fraction of sp³-hybridized carbons (Fsp3) is 0.240. The average Bonchev–Trinajstić information content (AvgIpc) is 3.63. The Kier molecular flexibility index (Phi) is 9.05. The number of morpholine rings is 1. The van der Waals surface area contributed by atoms with Gasteiger partial charge >= 0.3 is 29.6 Å². The molecule has 5 aromatic rings. The number of sulfonamides is 1. The number of pyridine rings is 2. The van der Waals surface area contributed by atoms with Crippen molar-refractivity contribution in [2.45, 2.75) is 10.9 Å². The van der Waals surface area contributed by atoms with Gasteiger partial charge in [-0.3, -0.25) is 14.6 Å². The Labute approximate surface area is 257 Å². The summed E-state index contributed by atoms with van der Waals surface area (Å²) in [5.41, 5.74) is 3.58. The van der Waals surface area contributed by atoms with Gasteiger partial charge in [-0.05, 0) is 18.2 Å². The molecule has 5 heterocycles. The molecule has 1 fully saturated rings. The second-order valence-corrected chi connectivity index (χ2v) is 11.6. The Morgan fingerprint density at radius 3 is 2.62 bits per heavy atom. The summed E-state index contributed by atoms with van der Waals surface area (Å²) in [5.74, 6) is 0.489. The van der Waals surface area contributed by atoms with Gasteiger partial charge in [-0.15, -0.1) is 15.9 Å². The van der Waals surface area contributed by atoms with Gasteiger partial charge in [0.2, 0.25) is 9.47 Å². The van der Waals surface area contributed by atoms with Crippen molar-refractivity contribution in [3.8, 4) is 11.1 Å². The van der Waals surface area contributed by atoms with Gasteiger partial charge in [-0.25, -0.2) is 13.4 Å². The van der Waals surface area contributed by atoms with Crippen LogP contribution in [-0.4, -0.2) is 76.1 Å². The van der Waals surface area contributed by atoms with E-state index in [1.807, 2.05) is 29.2 Å². The van der Waals surface area contributed by atoms with Crippen molar-refractivity contribution in [2.24, 2.45) is 0 Å². The van der Waals surface area contributed by atoms with Crippen LogP contribution in [0.2, 0.25) is 0 Å². The summed E-state index contributed by atoms with van der Waals surface area (Å²) in [5, 5.41) is 15.6. The third kappa shape index (κ3) is 6.83. The Bertz CT molecular complexity index is 1690. The summed E-state index contributed by atoms with van der Waals surface area (Å²) < 4.78 is 36.2. The van der Waals surface area contributed by atoms with Gasteiger partial charge in [-0.2, -0.15) is 5.10 Å². The molecule has 1 aromatic carbocycles. The molecule has 0 unspecified atom stereocenters. The number of nitrogens with zero attached hydrogens (tertiary/aromatic N) is 8. The monoisotopic (exact) mass is 585 g/mol. The molecule has 0 spiro atoms. The number of anilines is 2. The van der Waals surface area contributed by atoms with E-state index >= 15 is 0 Å². The summed E-state index contributed by atoms with van der Waals surface area (Å²) in [7, 11) is -3.98. The van der Waals surface area contributed by atoms with Crippen LogP contribution in [0.3, 0.4) is 0 Å². The standard InChI is InChI=1S/C25H24N9O3S2.Na/c35-39(36,32-20-4-2-1-3-5-20)25-31-30-24(38-25)29-23-7-6-21-22(28-23)14-18(15-26-21)19-16-27-34(17-19)9-8-33-10-12-37-13-11-33;/h1-7,14-17H,8-13H2,(H,28,29,30);/q-1;+1. The Hall–Kier alpha value is -2.98. The van der Waals surface area contributed by atoms with E-state index in [1.165, 1.54) is 0 Å². The maximum Gasteiger partial charge on any atom is 1.00 e. The quantitative estimate of drug-likeness (QED) is 0.247. The third-order valence-electron chi connectivity index (χ3n) is 6.10. The first-order valence-electron chi connectivity index (χ1n) is 12.3. The van der Waals surface area contributed by atoms with Crippen LogP contribution < -0.4 is 34.9 Å². The van der Waals surface area contributed by atoms with Crippen LogP contribution in [-0.2, 0) is 21.3 Å². The minimum absolute atomic E-state index is 0. The van der Waals surface area contributed by atoms with Crippen molar-refractivity contribution >= 4 is 49.0 Å². The van der Waals surface area contributed by atoms with Crippen molar-refractivity contribution < 1.29 is 42.7 Å².